The van der Waals surface area contributed by atoms with Crippen molar-refractivity contribution in [1.29, 1.82) is 0 Å². The van der Waals surface area contributed by atoms with Crippen molar-refractivity contribution in [3.05, 3.63) is 59.7 Å². The Bertz CT molecular complexity index is 467. The largest absolute Gasteiger partial charge is 0.451 e. The van der Waals surface area contributed by atoms with Gasteiger partial charge in [0.1, 0.15) is 5.60 Å². The molecule has 0 saturated carbocycles. The molecule has 0 aliphatic heterocycles. The van der Waals surface area contributed by atoms with Gasteiger partial charge in [-0.3, -0.25) is 0 Å². The number of carbonyl (C=O) groups is 1. The highest BCUT2D eigenvalue weighted by molar-refractivity contribution is 5.88. The molecule has 0 spiro atoms. The molecule has 0 amide bonds. The molecule has 0 radical (unpaired) electrons. The van der Waals surface area contributed by atoms with Gasteiger partial charge in [0, 0.05) is 5.57 Å². The van der Waals surface area contributed by atoms with Crippen LogP contribution in [0.5, 0.6) is 0 Å². The molecule has 0 bridgehead atoms. The first-order chi connectivity index (χ1) is 8.33. The van der Waals surface area contributed by atoms with E-state index in [-0.39, 0.29) is 5.97 Å². The molecule has 1 aromatic rings. The maximum Gasteiger partial charge on any atom is 0.334 e. The normalized spacial score (nSPS) is 12.1. The van der Waals surface area contributed by atoms with Gasteiger partial charge in [0.05, 0.1) is 0 Å². The van der Waals surface area contributed by atoms with E-state index in [1.807, 2.05) is 51.1 Å². The quantitative estimate of drug-likeness (QED) is 0.455. The summed E-state index contributed by atoms with van der Waals surface area (Å²) in [6, 6.07) is 9.70. The fraction of sp³-hybridized carbons (Fsp3) is 0.312. The van der Waals surface area contributed by atoms with E-state index in [0.717, 1.165) is 11.1 Å². The Labute approximate surface area is 109 Å². The molecular formula is C16H20O2. The topological polar surface area (TPSA) is 26.3 Å². The van der Waals surface area contributed by atoms with E-state index in [0.29, 0.717) is 5.57 Å². The van der Waals surface area contributed by atoms with Crippen molar-refractivity contribution in [2.45, 2.75) is 33.3 Å². The van der Waals surface area contributed by atoms with E-state index < -0.39 is 5.60 Å². The number of benzene rings is 1. The monoisotopic (exact) mass is 244 g/mol. The summed E-state index contributed by atoms with van der Waals surface area (Å²) in [5.41, 5.74) is 1.73. The predicted octanol–water partition coefficient (Wildman–Crippen LogP) is 3.99. The Hall–Kier alpha value is -1.83. The first-order valence-electron chi connectivity index (χ1n) is 5.95. The number of esters is 1. The fourth-order valence-corrected chi connectivity index (χ4v) is 1.64. The number of rotatable bonds is 4. The third-order valence-corrected chi connectivity index (χ3v) is 2.60. The summed E-state index contributed by atoms with van der Waals surface area (Å²) in [4.78, 5) is 11.9. The van der Waals surface area contributed by atoms with Crippen LogP contribution in [-0.4, -0.2) is 5.97 Å². The molecule has 1 rings (SSSR count). The van der Waals surface area contributed by atoms with Crippen LogP contribution >= 0.6 is 0 Å². The maximum atomic E-state index is 11.9. The number of hydrogen-bond donors (Lipinski definition) is 0. The van der Waals surface area contributed by atoms with Gasteiger partial charge in [-0.2, -0.15) is 0 Å². The molecule has 0 aromatic heterocycles. The molecule has 0 saturated heterocycles. The van der Waals surface area contributed by atoms with E-state index >= 15 is 0 Å². The molecule has 0 heterocycles. The third kappa shape index (κ3) is 3.88. The lowest BCUT2D eigenvalue weighted by Gasteiger charge is -2.25. The molecule has 0 aliphatic carbocycles. The molecule has 18 heavy (non-hydrogen) atoms. The van der Waals surface area contributed by atoms with Gasteiger partial charge in [-0.05, 0) is 39.3 Å². The molecule has 2 nitrogen and oxygen atoms in total. The van der Waals surface area contributed by atoms with Crippen LogP contribution in [0.1, 0.15) is 33.3 Å². The first kappa shape index (κ1) is 14.2. The van der Waals surface area contributed by atoms with Crippen LogP contribution in [0.25, 0.3) is 0 Å². The van der Waals surface area contributed by atoms with Gasteiger partial charge in [0.2, 0.25) is 0 Å². The summed E-state index contributed by atoms with van der Waals surface area (Å²) >= 11 is 0. The van der Waals surface area contributed by atoms with Crippen molar-refractivity contribution in [1.82, 2.24) is 0 Å². The smallest absolute Gasteiger partial charge is 0.334 e. The van der Waals surface area contributed by atoms with E-state index in [1.165, 1.54) is 0 Å². The lowest BCUT2D eigenvalue weighted by molar-refractivity contribution is -0.152. The van der Waals surface area contributed by atoms with Crippen LogP contribution < -0.4 is 0 Å². The lowest BCUT2D eigenvalue weighted by atomic mass is 9.98. The fourth-order valence-electron chi connectivity index (χ4n) is 1.64. The summed E-state index contributed by atoms with van der Waals surface area (Å²) in [7, 11) is 0. The molecule has 96 valence electrons. The molecule has 0 atom stereocenters. The van der Waals surface area contributed by atoms with Crippen molar-refractivity contribution < 1.29 is 9.53 Å². The number of ether oxygens (including phenoxy) is 1. The molecule has 0 aliphatic rings. The minimum atomic E-state index is -0.636. The second-order valence-corrected chi connectivity index (χ2v) is 4.94. The Morgan fingerprint density at radius 2 is 1.78 bits per heavy atom. The zero-order chi connectivity index (χ0) is 13.8. The number of hydrogen-bond acceptors (Lipinski definition) is 2. The van der Waals surface area contributed by atoms with Crippen molar-refractivity contribution in [2.24, 2.45) is 0 Å². The highest BCUT2D eigenvalue weighted by Crippen LogP contribution is 2.25. The van der Waals surface area contributed by atoms with Crippen LogP contribution in [0.4, 0.5) is 0 Å². The van der Waals surface area contributed by atoms with E-state index in [9.17, 15) is 4.79 Å². The van der Waals surface area contributed by atoms with Crippen molar-refractivity contribution in [2.75, 3.05) is 0 Å². The average Bonchev–Trinajstić information content (AvgIpc) is 2.28. The third-order valence-electron chi connectivity index (χ3n) is 2.60. The van der Waals surface area contributed by atoms with Gasteiger partial charge < -0.3 is 4.74 Å². The Morgan fingerprint density at radius 1 is 1.22 bits per heavy atom. The van der Waals surface area contributed by atoms with Crippen molar-refractivity contribution >= 4 is 5.97 Å². The van der Waals surface area contributed by atoms with Gasteiger partial charge in [-0.25, -0.2) is 4.79 Å². The lowest BCUT2D eigenvalue weighted by Crippen LogP contribution is -2.26. The SMILES string of the molecule is C=C(C)/C=C(\C)C(=O)OC(C)(C)c1ccccc1. The molecule has 0 fully saturated rings. The predicted molar refractivity (Wildman–Crippen MR) is 74.1 cm³/mol. The van der Waals surface area contributed by atoms with E-state index in [4.69, 9.17) is 4.74 Å². The van der Waals surface area contributed by atoms with Crippen molar-refractivity contribution in [3.63, 3.8) is 0 Å². The summed E-state index contributed by atoms with van der Waals surface area (Å²) in [6.45, 7) is 11.1. The standard InChI is InChI=1S/C16H20O2/c1-12(2)11-13(3)15(17)18-16(4,5)14-9-7-6-8-10-14/h6-11H,1H2,2-5H3/b13-11+. The van der Waals surface area contributed by atoms with Crippen LogP contribution in [0.3, 0.4) is 0 Å². The van der Waals surface area contributed by atoms with Gasteiger partial charge >= 0.3 is 5.97 Å². The Balaban J connectivity index is 2.84. The summed E-state index contributed by atoms with van der Waals surface area (Å²) in [5.74, 6) is -0.313. The van der Waals surface area contributed by atoms with Gasteiger partial charge in [-0.15, -0.1) is 0 Å². The van der Waals surface area contributed by atoms with Gasteiger partial charge in [-0.1, -0.05) is 42.5 Å². The minimum absolute atomic E-state index is 0.313. The highest BCUT2D eigenvalue weighted by Gasteiger charge is 2.25. The Kier molecular flexibility index (Phi) is 4.49. The second-order valence-electron chi connectivity index (χ2n) is 4.94. The van der Waals surface area contributed by atoms with Crippen LogP contribution in [0.15, 0.2) is 54.1 Å². The van der Waals surface area contributed by atoms with Crippen LogP contribution in [-0.2, 0) is 15.1 Å². The van der Waals surface area contributed by atoms with Crippen LogP contribution in [0.2, 0.25) is 0 Å². The Morgan fingerprint density at radius 3 is 2.28 bits per heavy atom. The number of allylic oxidation sites excluding steroid dienone is 2. The second kappa shape index (κ2) is 5.67. The highest BCUT2D eigenvalue weighted by atomic mass is 16.6. The number of carbonyl (C=O) groups excluding carboxylic acids is 1. The van der Waals surface area contributed by atoms with E-state index in [2.05, 4.69) is 6.58 Å². The molecule has 0 unspecified atom stereocenters. The summed E-state index contributed by atoms with van der Waals surface area (Å²) in [6.07, 6.45) is 1.73. The molecule has 1 aromatic carbocycles. The zero-order valence-electron chi connectivity index (χ0n) is 11.5. The van der Waals surface area contributed by atoms with Crippen molar-refractivity contribution in [3.8, 4) is 0 Å². The minimum Gasteiger partial charge on any atom is -0.451 e. The van der Waals surface area contributed by atoms with Gasteiger partial charge in [0.15, 0.2) is 0 Å². The zero-order valence-corrected chi connectivity index (χ0v) is 11.5. The summed E-state index contributed by atoms with van der Waals surface area (Å²) < 4.78 is 5.54. The molecule has 2 heteroatoms. The molecule has 0 N–H and O–H groups in total. The first-order valence-corrected chi connectivity index (χ1v) is 5.95. The van der Waals surface area contributed by atoms with Gasteiger partial charge in [0.25, 0.3) is 0 Å². The molecular weight excluding hydrogens is 224 g/mol. The maximum absolute atomic E-state index is 11.9. The summed E-state index contributed by atoms with van der Waals surface area (Å²) in [5, 5.41) is 0. The van der Waals surface area contributed by atoms with E-state index in [1.54, 1.807) is 13.0 Å². The van der Waals surface area contributed by atoms with Crippen LogP contribution in [0, 0.1) is 0 Å². The average molecular weight is 244 g/mol.